The number of rotatable bonds is 3. The lowest BCUT2D eigenvalue weighted by molar-refractivity contribution is 0.287. The fourth-order valence-corrected chi connectivity index (χ4v) is 4.04. The lowest BCUT2D eigenvalue weighted by Crippen LogP contribution is -2.29. The molecule has 2 aliphatic heterocycles. The smallest absolute Gasteiger partial charge is 0.0951 e. The highest BCUT2D eigenvalue weighted by Gasteiger charge is 2.39. The summed E-state index contributed by atoms with van der Waals surface area (Å²) >= 11 is 0. The highest BCUT2D eigenvalue weighted by Crippen LogP contribution is 2.37. The Balaban J connectivity index is 1.65. The van der Waals surface area contributed by atoms with Gasteiger partial charge in [0.15, 0.2) is 0 Å². The van der Waals surface area contributed by atoms with Gasteiger partial charge in [-0.2, -0.15) is 0 Å². The zero-order chi connectivity index (χ0) is 14.2. The maximum absolute atomic E-state index is 6.49. The van der Waals surface area contributed by atoms with Gasteiger partial charge in [0.25, 0.3) is 0 Å². The van der Waals surface area contributed by atoms with Gasteiger partial charge in [-0.15, -0.1) is 0 Å². The number of nitrogens with two attached hydrogens (primary N) is 1. The Hall–Kier alpha value is -1.65. The summed E-state index contributed by atoms with van der Waals surface area (Å²) in [6.45, 7) is 2.48. The molecule has 3 heterocycles. The summed E-state index contributed by atoms with van der Waals surface area (Å²) in [6, 6.07) is 11.4. The molecule has 0 spiro atoms. The molecule has 2 aromatic rings. The SMILES string of the molecule is NC(c1ccccc1)c1cncn1C1CCN2CCCC12. The first-order chi connectivity index (χ1) is 10.3. The van der Waals surface area contributed by atoms with Crippen LogP contribution in [0.3, 0.4) is 0 Å². The van der Waals surface area contributed by atoms with Crippen molar-refractivity contribution in [1.29, 1.82) is 0 Å². The summed E-state index contributed by atoms with van der Waals surface area (Å²) in [6.07, 6.45) is 7.77. The van der Waals surface area contributed by atoms with E-state index in [0.717, 1.165) is 11.3 Å². The molecule has 3 atom stereocenters. The molecule has 3 unspecified atom stereocenters. The third-order valence-electron chi connectivity index (χ3n) is 5.10. The van der Waals surface area contributed by atoms with E-state index < -0.39 is 0 Å². The van der Waals surface area contributed by atoms with Crippen molar-refractivity contribution < 1.29 is 0 Å². The van der Waals surface area contributed by atoms with Gasteiger partial charge in [0.2, 0.25) is 0 Å². The minimum absolute atomic E-state index is 0.0934. The average molecular weight is 282 g/mol. The minimum atomic E-state index is -0.0934. The van der Waals surface area contributed by atoms with Crippen molar-refractivity contribution in [2.45, 2.75) is 37.4 Å². The molecule has 0 amide bonds. The molecule has 4 rings (SSSR count). The van der Waals surface area contributed by atoms with Crippen LogP contribution in [0.25, 0.3) is 0 Å². The van der Waals surface area contributed by atoms with Crippen molar-refractivity contribution in [3.63, 3.8) is 0 Å². The van der Waals surface area contributed by atoms with Crippen molar-refractivity contribution >= 4 is 0 Å². The Bertz CT molecular complexity index is 606. The molecule has 1 aromatic heterocycles. The summed E-state index contributed by atoms with van der Waals surface area (Å²) in [5.74, 6) is 0. The second kappa shape index (κ2) is 5.28. The Labute approximate surface area is 125 Å². The molecule has 0 bridgehead atoms. The molecule has 0 aliphatic carbocycles. The third-order valence-corrected chi connectivity index (χ3v) is 5.10. The van der Waals surface area contributed by atoms with Gasteiger partial charge in [-0.25, -0.2) is 4.98 Å². The quantitative estimate of drug-likeness (QED) is 0.940. The number of aromatic nitrogens is 2. The Morgan fingerprint density at radius 2 is 1.95 bits per heavy atom. The van der Waals surface area contributed by atoms with Gasteiger partial charge < -0.3 is 10.3 Å². The summed E-state index contributed by atoms with van der Waals surface area (Å²) in [4.78, 5) is 7.02. The van der Waals surface area contributed by atoms with Gasteiger partial charge in [0.1, 0.15) is 0 Å². The largest absolute Gasteiger partial charge is 0.328 e. The van der Waals surface area contributed by atoms with Crippen LogP contribution in [-0.4, -0.2) is 33.6 Å². The topological polar surface area (TPSA) is 47.1 Å². The molecule has 0 saturated carbocycles. The van der Waals surface area contributed by atoms with E-state index in [-0.39, 0.29) is 6.04 Å². The Kier molecular flexibility index (Phi) is 3.28. The zero-order valence-corrected chi connectivity index (χ0v) is 12.2. The van der Waals surface area contributed by atoms with Crippen molar-refractivity contribution in [3.8, 4) is 0 Å². The molecule has 110 valence electrons. The number of fused-ring (bicyclic) bond motifs is 1. The summed E-state index contributed by atoms with van der Waals surface area (Å²) in [7, 11) is 0. The van der Waals surface area contributed by atoms with Crippen LogP contribution in [0.4, 0.5) is 0 Å². The lowest BCUT2D eigenvalue weighted by atomic mass is 10.0. The molecule has 0 radical (unpaired) electrons. The van der Waals surface area contributed by atoms with Gasteiger partial charge in [0.05, 0.1) is 30.3 Å². The Morgan fingerprint density at radius 1 is 1.10 bits per heavy atom. The van der Waals surface area contributed by atoms with Crippen molar-refractivity contribution in [2.24, 2.45) is 5.73 Å². The average Bonchev–Trinajstić information content (AvgIpc) is 3.23. The molecular formula is C17H22N4. The fraction of sp³-hybridized carbons (Fsp3) is 0.471. The maximum atomic E-state index is 6.49. The molecule has 4 heteroatoms. The van der Waals surface area contributed by atoms with E-state index in [9.17, 15) is 0 Å². The van der Waals surface area contributed by atoms with E-state index in [4.69, 9.17) is 5.73 Å². The van der Waals surface area contributed by atoms with E-state index in [1.807, 2.05) is 30.7 Å². The standard InChI is InChI=1S/C17H22N4/c18-17(13-5-2-1-3-6-13)16-11-19-12-21(16)15-8-10-20-9-4-7-14(15)20/h1-3,5-6,11-12,14-15,17H,4,7-10,18H2. The molecule has 2 saturated heterocycles. The van der Waals surface area contributed by atoms with Crippen LogP contribution in [0.5, 0.6) is 0 Å². The molecular weight excluding hydrogens is 260 g/mol. The van der Waals surface area contributed by atoms with Gasteiger partial charge in [0, 0.05) is 12.6 Å². The summed E-state index contributed by atoms with van der Waals surface area (Å²) in [5, 5.41) is 0. The molecule has 21 heavy (non-hydrogen) atoms. The van der Waals surface area contributed by atoms with Crippen LogP contribution in [0.15, 0.2) is 42.9 Å². The van der Waals surface area contributed by atoms with E-state index >= 15 is 0 Å². The van der Waals surface area contributed by atoms with Crippen molar-refractivity contribution in [2.75, 3.05) is 13.1 Å². The van der Waals surface area contributed by atoms with Crippen LogP contribution in [0, 0.1) is 0 Å². The second-order valence-corrected chi connectivity index (χ2v) is 6.22. The van der Waals surface area contributed by atoms with Crippen LogP contribution >= 0.6 is 0 Å². The highest BCUT2D eigenvalue weighted by molar-refractivity contribution is 5.27. The second-order valence-electron chi connectivity index (χ2n) is 6.22. The highest BCUT2D eigenvalue weighted by atomic mass is 15.3. The zero-order valence-electron chi connectivity index (χ0n) is 12.2. The first-order valence-electron chi connectivity index (χ1n) is 7.91. The van der Waals surface area contributed by atoms with Crippen LogP contribution in [0.2, 0.25) is 0 Å². The van der Waals surface area contributed by atoms with Gasteiger partial charge >= 0.3 is 0 Å². The predicted molar refractivity (Wildman–Crippen MR) is 82.9 cm³/mol. The first-order valence-corrected chi connectivity index (χ1v) is 7.91. The monoisotopic (exact) mass is 282 g/mol. The third kappa shape index (κ3) is 2.19. The number of nitrogens with zero attached hydrogens (tertiary/aromatic N) is 3. The Morgan fingerprint density at radius 3 is 2.81 bits per heavy atom. The van der Waals surface area contributed by atoms with E-state index in [2.05, 4.69) is 26.6 Å². The molecule has 1 aromatic carbocycles. The number of hydrogen-bond donors (Lipinski definition) is 1. The van der Waals surface area contributed by atoms with Crippen LogP contribution < -0.4 is 5.73 Å². The molecule has 2 fully saturated rings. The van der Waals surface area contributed by atoms with E-state index in [0.29, 0.717) is 12.1 Å². The predicted octanol–water partition coefficient (Wildman–Crippen LogP) is 2.34. The van der Waals surface area contributed by atoms with Crippen LogP contribution in [-0.2, 0) is 0 Å². The lowest BCUT2D eigenvalue weighted by Gasteiger charge is -2.25. The number of imidazole rings is 1. The summed E-state index contributed by atoms with van der Waals surface area (Å²) < 4.78 is 2.34. The fourth-order valence-electron chi connectivity index (χ4n) is 4.04. The maximum Gasteiger partial charge on any atom is 0.0951 e. The van der Waals surface area contributed by atoms with Gasteiger partial charge in [-0.1, -0.05) is 30.3 Å². The van der Waals surface area contributed by atoms with Crippen LogP contribution in [0.1, 0.15) is 42.6 Å². The summed E-state index contributed by atoms with van der Waals surface area (Å²) in [5.41, 5.74) is 8.78. The molecule has 2 N–H and O–H groups in total. The van der Waals surface area contributed by atoms with Gasteiger partial charge in [-0.05, 0) is 31.4 Å². The van der Waals surface area contributed by atoms with E-state index in [1.54, 1.807) is 0 Å². The minimum Gasteiger partial charge on any atom is -0.328 e. The first kappa shape index (κ1) is 13.0. The van der Waals surface area contributed by atoms with Gasteiger partial charge in [-0.3, -0.25) is 4.90 Å². The van der Waals surface area contributed by atoms with Crippen molar-refractivity contribution in [1.82, 2.24) is 14.5 Å². The normalized spacial score (nSPS) is 26.9. The van der Waals surface area contributed by atoms with E-state index in [1.165, 1.54) is 32.4 Å². The molecule has 4 nitrogen and oxygen atoms in total. The number of hydrogen-bond acceptors (Lipinski definition) is 3. The molecule has 2 aliphatic rings. The van der Waals surface area contributed by atoms with Crippen molar-refractivity contribution in [3.05, 3.63) is 54.1 Å². The number of benzene rings is 1.